The van der Waals surface area contributed by atoms with Gasteiger partial charge in [0, 0.05) is 26.2 Å². The molecule has 3 N–H and O–H groups in total. The zero-order valence-corrected chi connectivity index (χ0v) is 10.5. The van der Waals surface area contributed by atoms with Crippen molar-refractivity contribution in [3.8, 4) is 0 Å². The van der Waals surface area contributed by atoms with Crippen molar-refractivity contribution >= 4 is 0 Å². The Morgan fingerprint density at radius 1 is 1.47 bits per heavy atom. The predicted molar refractivity (Wildman–Crippen MR) is 62.9 cm³/mol. The average molecular weight is 218 g/mol. The fourth-order valence-corrected chi connectivity index (χ4v) is 1.61. The summed E-state index contributed by atoms with van der Waals surface area (Å²) in [7, 11) is 2.00. The summed E-state index contributed by atoms with van der Waals surface area (Å²) in [6.45, 7) is 8.42. The van der Waals surface area contributed by atoms with E-state index in [1.54, 1.807) is 0 Å². The molecular formula is C11H26N2O2. The summed E-state index contributed by atoms with van der Waals surface area (Å²) < 4.78 is 5.46. The second-order valence-corrected chi connectivity index (χ2v) is 4.65. The molecule has 15 heavy (non-hydrogen) atoms. The smallest absolute Gasteiger partial charge is 0.0718 e. The molecule has 4 heteroatoms. The average Bonchev–Trinajstić information content (AvgIpc) is 2.09. The van der Waals surface area contributed by atoms with E-state index in [1.165, 1.54) is 0 Å². The Kier molecular flexibility index (Phi) is 7.09. The lowest BCUT2D eigenvalue weighted by Gasteiger charge is -2.26. The molecule has 0 heterocycles. The van der Waals surface area contributed by atoms with E-state index in [4.69, 9.17) is 10.5 Å². The Morgan fingerprint density at radius 3 is 2.47 bits per heavy atom. The van der Waals surface area contributed by atoms with Crippen LogP contribution in [0.1, 0.15) is 27.2 Å². The molecule has 0 saturated heterocycles. The van der Waals surface area contributed by atoms with Crippen LogP contribution in [0, 0.1) is 0 Å². The monoisotopic (exact) mass is 218 g/mol. The van der Waals surface area contributed by atoms with Crippen LogP contribution < -0.4 is 5.73 Å². The first-order chi connectivity index (χ1) is 6.89. The van der Waals surface area contributed by atoms with Crippen molar-refractivity contribution in [2.45, 2.75) is 38.9 Å². The molecule has 0 aromatic heterocycles. The van der Waals surface area contributed by atoms with Gasteiger partial charge in [0.1, 0.15) is 0 Å². The van der Waals surface area contributed by atoms with Crippen molar-refractivity contribution in [1.29, 1.82) is 0 Å². The SMILES string of the molecule is CCOC(CN)CCN(C)CC(C)(C)O. The first kappa shape index (κ1) is 14.8. The predicted octanol–water partition coefficient (Wildman–Crippen LogP) is 0.443. The van der Waals surface area contributed by atoms with Gasteiger partial charge in [-0.2, -0.15) is 0 Å². The molecule has 92 valence electrons. The molecule has 0 fully saturated rings. The number of aliphatic hydroxyl groups is 1. The molecule has 0 aliphatic carbocycles. The summed E-state index contributed by atoms with van der Waals surface area (Å²) in [5, 5.41) is 9.62. The zero-order valence-electron chi connectivity index (χ0n) is 10.5. The Labute approximate surface area is 93.4 Å². The maximum atomic E-state index is 9.62. The van der Waals surface area contributed by atoms with Gasteiger partial charge in [0.25, 0.3) is 0 Å². The molecule has 0 saturated carbocycles. The highest BCUT2D eigenvalue weighted by molar-refractivity contribution is 4.71. The second-order valence-electron chi connectivity index (χ2n) is 4.65. The number of hydrogen-bond acceptors (Lipinski definition) is 4. The number of nitrogens with zero attached hydrogens (tertiary/aromatic N) is 1. The third-order valence-corrected chi connectivity index (χ3v) is 2.15. The highest BCUT2D eigenvalue weighted by Gasteiger charge is 2.16. The molecule has 0 spiro atoms. The van der Waals surface area contributed by atoms with Crippen LogP contribution >= 0.6 is 0 Å². The van der Waals surface area contributed by atoms with Gasteiger partial charge in [0.05, 0.1) is 11.7 Å². The lowest BCUT2D eigenvalue weighted by Crippen LogP contribution is -2.38. The third kappa shape index (κ3) is 8.81. The molecule has 1 unspecified atom stereocenters. The normalized spacial score (nSPS) is 14.6. The summed E-state index contributed by atoms with van der Waals surface area (Å²) in [6.07, 6.45) is 1.05. The van der Waals surface area contributed by atoms with Gasteiger partial charge in [0.15, 0.2) is 0 Å². The van der Waals surface area contributed by atoms with Crippen LogP contribution in [0.15, 0.2) is 0 Å². The Morgan fingerprint density at radius 2 is 2.07 bits per heavy atom. The summed E-state index contributed by atoms with van der Waals surface area (Å²) in [5.41, 5.74) is 4.94. The molecule has 0 bridgehead atoms. The number of ether oxygens (including phenoxy) is 1. The molecule has 0 aromatic carbocycles. The van der Waals surface area contributed by atoms with Crippen molar-refractivity contribution in [2.75, 3.05) is 33.3 Å². The molecule has 0 rings (SSSR count). The van der Waals surface area contributed by atoms with Crippen molar-refractivity contribution in [3.05, 3.63) is 0 Å². The molecule has 0 aliphatic rings. The molecule has 0 aliphatic heterocycles. The minimum absolute atomic E-state index is 0.138. The summed E-state index contributed by atoms with van der Waals surface area (Å²) in [4.78, 5) is 2.10. The molecular weight excluding hydrogens is 192 g/mol. The largest absolute Gasteiger partial charge is 0.389 e. The van der Waals surface area contributed by atoms with Gasteiger partial charge < -0.3 is 20.5 Å². The van der Waals surface area contributed by atoms with Crippen LogP contribution in [0.2, 0.25) is 0 Å². The van der Waals surface area contributed by atoms with E-state index in [-0.39, 0.29) is 6.10 Å². The van der Waals surface area contributed by atoms with E-state index in [2.05, 4.69) is 4.90 Å². The van der Waals surface area contributed by atoms with Crippen LogP contribution in [0.4, 0.5) is 0 Å². The van der Waals surface area contributed by atoms with Gasteiger partial charge in [0.2, 0.25) is 0 Å². The highest BCUT2D eigenvalue weighted by Crippen LogP contribution is 2.05. The maximum Gasteiger partial charge on any atom is 0.0718 e. The van der Waals surface area contributed by atoms with Crippen LogP contribution in [0.3, 0.4) is 0 Å². The Bertz CT molecular complexity index is 157. The van der Waals surface area contributed by atoms with Crippen LogP contribution in [-0.2, 0) is 4.74 Å². The van der Waals surface area contributed by atoms with Crippen molar-refractivity contribution in [2.24, 2.45) is 5.73 Å². The highest BCUT2D eigenvalue weighted by atomic mass is 16.5. The van der Waals surface area contributed by atoms with Crippen LogP contribution in [0.25, 0.3) is 0 Å². The molecule has 0 radical (unpaired) electrons. The molecule has 0 amide bonds. The number of nitrogens with two attached hydrogens (primary N) is 1. The first-order valence-electron chi connectivity index (χ1n) is 5.61. The standard InChI is InChI=1S/C11H26N2O2/c1-5-15-10(8-12)6-7-13(4)9-11(2,3)14/h10,14H,5-9,12H2,1-4H3. The van der Waals surface area contributed by atoms with Gasteiger partial charge >= 0.3 is 0 Å². The second kappa shape index (κ2) is 7.17. The third-order valence-electron chi connectivity index (χ3n) is 2.15. The molecule has 0 aromatic rings. The lowest BCUT2D eigenvalue weighted by molar-refractivity contribution is 0.0283. The van der Waals surface area contributed by atoms with E-state index in [9.17, 15) is 5.11 Å². The van der Waals surface area contributed by atoms with Crippen molar-refractivity contribution in [3.63, 3.8) is 0 Å². The number of rotatable bonds is 8. The van der Waals surface area contributed by atoms with E-state index in [0.29, 0.717) is 19.7 Å². The summed E-state index contributed by atoms with van der Waals surface area (Å²) in [6, 6.07) is 0. The van der Waals surface area contributed by atoms with Gasteiger partial charge in [-0.15, -0.1) is 0 Å². The van der Waals surface area contributed by atoms with Crippen molar-refractivity contribution in [1.82, 2.24) is 4.90 Å². The number of hydrogen-bond donors (Lipinski definition) is 2. The van der Waals surface area contributed by atoms with Crippen molar-refractivity contribution < 1.29 is 9.84 Å². The van der Waals surface area contributed by atoms with Gasteiger partial charge in [-0.1, -0.05) is 0 Å². The van der Waals surface area contributed by atoms with Gasteiger partial charge in [-0.05, 0) is 34.2 Å². The van der Waals surface area contributed by atoms with Crippen LogP contribution in [-0.4, -0.2) is 55.0 Å². The molecule has 1 atom stereocenters. The Balaban J connectivity index is 3.73. The minimum atomic E-state index is -0.640. The van der Waals surface area contributed by atoms with E-state index >= 15 is 0 Å². The van der Waals surface area contributed by atoms with E-state index in [0.717, 1.165) is 13.0 Å². The fraction of sp³-hybridized carbons (Fsp3) is 1.00. The summed E-state index contributed by atoms with van der Waals surface area (Å²) in [5.74, 6) is 0. The Hall–Kier alpha value is -0.160. The maximum absolute atomic E-state index is 9.62. The lowest BCUT2D eigenvalue weighted by atomic mass is 10.1. The number of likely N-dealkylation sites (N-methyl/N-ethyl adjacent to an activating group) is 1. The summed E-state index contributed by atoms with van der Waals surface area (Å²) >= 11 is 0. The first-order valence-corrected chi connectivity index (χ1v) is 5.61. The fourth-order valence-electron chi connectivity index (χ4n) is 1.61. The molecule has 4 nitrogen and oxygen atoms in total. The van der Waals surface area contributed by atoms with E-state index in [1.807, 2.05) is 27.8 Å². The van der Waals surface area contributed by atoms with Gasteiger partial charge in [-0.3, -0.25) is 0 Å². The van der Waals surface area contributed by atoms with Crippen LogP contribution in [0.5, 0.6) is 0 Å². The topological polar surface area (TPSA) is 58.7 Å². The minimum Gasteiger partial charge on any atom is -0.389 e. The van der Waals surface area contributed by atoms with E-state index < -0.39 is 5.60 Å². The quantitative estimate of drug-likeness (QED) is 0.621. The zero-order chi connectivity index (χ0) is 11.9. The van der Waals surface area contributed by atoms with Gasteiger partial charge in [-0.25, -0.2) is 0 Å².